The number of amides is 2. The van der Waals surface area contributed by atoms with Gasteiger partial charge in [-0.05, 0) is 0 Å². The minimum Gasteiger partial charge on any atom is -0.355 e. The molecule has 0 aromatic rings. The highest BCUT2D eigenvalue weighted by Gasteiger charge is 2.27. The van der Waals surface area contributed by atoms with E-state index in [-0.39, 0.29) is 36.5 Å². The number of rotatable bonds is 6. The van der Waals surface area contributed by atoms with Crippen molar-refractivity contribution in [2.75, 3.05) is 25.4 Å². The van der Waals surface area contributed by atoms with Crippen LogP contribution in [0, 0.1) is 5.92 Å². The van der Waals surface area contributed by atoms with Gasteiger partial charge in [-0.25, -0.2) is 13.1 Å². The minimum atomic E-state index is -3.31. The first-order valence-corrected chi connectivity index (χ1v) is 7.11. The third-order valence-electron chi connectivity index (χ3n) is 2.38. The molecule has 1 atom stereocenters. The molecule has 0 radical (unpaired) electrons. The van der Waals surface area contributed by atoms with Crippen LogP contribution in [-0.4, -0.2) is 45.6 Å². The SMILES string of the molecule is CCNS(=O)(=O)CCNC(=O)C1CNC(=O)C1. The number of carbonyl (C=O) groups excluding carboxylic acids is 2. The quantitative estimate of drug-likeness (QED) is 0.524. The van der Waals surface area contributed by atoms with Crippen molar-refractivity contribution < 1.29 is 18.0 Å². The molecule has 0 aromatic carbocycles. The van der Waals surface area contributed by atoms with Crippen LogP contribution in [0.2, 0.25) is 0 Å². The van der Waals surface area contributed by atoms with Crippen LogP contribution in [0.4, 0.5) is 0 Å². The molecule has 0 saturated carbocycles. The summed E-state index contributed by atoms with van der Waals surface area (Å²) >= 11 is 0. The van der Waals surface area contributed by atoms with E-state index in [1.165, 1.54) is 0 Å². The zero-order valence-electron chi connectivity index (χ0n) is 9.65. The van der Waals surface area contributed by atoms with Gasteiger partial charge in [-0.2, -0.15) is 0 Å². The molecule has 0 bridgehead atoms. The molecule has 1 fully saturated rings. The second-order valence-electron chi connectivity index (χ2n) is 3.81. The van der Waals surface area contributed by atoms with Crippen LogP contribution in [0.5, 0.6) is 0 Å². The fourth-order valence-electron chi connectivity index (χ4n) is 1.54. The van der Waals surface area contributed by atoms with Crippen molar-refractivity contribution in [1.29, 1.82) is 0 Å². The summed E-state index contributed by atoms with van der Waals surface area (Å²) in [6, 6.07) is 0. The first-order chi connectivity index (χ1) is 7.94. The maximum atomic E-state index is 11.5. The van der Waals surface area contributed by atoms with Crippen LogP contribution in [0.15, 0.2) is 0 Å². The van der Waals surface area contributed by atoms with Crippen LogP contribution in [-0.2, 0) is 19.6 Å². The highest BCUT2D eigenvalue weighted by atomic mass is 32.2. The number of carbonyl (C=O) groups is 2. The van der Waals surface area contributed by atoms with Gasteiger partial charge in [-0.3, -0.25) is 9.59 Å². The Bertz CT molecular complexity index is 393. The molecular weight excluding hydrogens is 246 g/mol. The van der Waals surface area contributed by atoms with E-state index in [0.717, 1.165) is 0 Å². The number of sulfonamides is 1. The molecule has 1 saturated heterocycles. The standard InChI is InChI=1S/C9H17N3O4S/c1-2-12-17(15,16)4-3-10-9(14)7-5-8(13)11-6-7/h7,12H,2-6H2,1H3,(H,10,14)(H,11,13). The molecule has 1 rings (SSSR count). The van der Waals surface area contributed by atoms with Crippen LogP contribution in [0.25, 0.3) is 0 Å². The predicted molar refractivity (Wildman–Crippen MR) is 61.6 cm³/mol. The van der Waals surface area contributed by atoms with Gasteiger partial charge in [0.1, 0.15) is 0 Å². The van der Waals surface area contributed by atoms with Gasteiger partial charge >= 0.3 is 0 Å². The van der Waals surface area contributed by atoms with Crippen molar-refractivity contribution in [2.45, 2.75) is 13.3 Å². The first-order valence-electron chi connectivity index (χ1n) is 5.46. The molecule has 17 heavy (non-hydrogen) atoms. The Morgan fingerprint density at radius 3 is 2.76 bits per heavy atom. The lowest BCUT2D eigenvalue weighted by molar-refractivity contribution is -0.126. The van der Waals surface area contributed by atoms with Crippen molar-refractivity contribution in [1.82, 2.24) is 15.4 Å². The molecule has 8 heteroatoms. The Morgan fingerprint density at radius 1 is 1.53 bits per heavy atom. The molecule has 0 spiro atoms. The van der Waals surface area contributed by atoms with E-state index in [0.29, 0.717) is 13.1 Å². The van der Waals surface area contributed by atoms with E-state index in [9.17, 15) is 18.0 Å². The second kappa shape index (κ2) is 5.97. The van der Waals surface area contributed by atoms with Crippen molar-refractivity contribution >= 4 is 21.8 Å². The van der Waals surface area contributed by atoms with E-state index in [1.54, 1.807) is 6.92 Å². The highest BCUT2D eigenvalue weighted by molar-refractivity contribution is 7.89. The van der Waals surface area contributed by atoms with Gasteiger partial charge in [0.2, 0.25) is 21.8 Å². The van der Waals surface area contributed by atoms with Crippen LogP contribution < -0.4 is 15.4 Å². The van der Waals surface area contributed by atoms with Gasteiger partial charge < -0.3 is 10.6 Å². The molecule has 1 aliphatic rings. The van der Waals surface area contributed by atoms with E-state index >= 15 is 0 Å². The summed E-state index contributed by atoms with van der Waals surface area (Å²) < 4.78 is 24.8. The lowest BCUT2D eigenvalue weighted by Crippen LogP contribution is -2.37. The number of hydrogen-bond acceptors (Lipinski definition) is 4. The Kier molecular flexibility index (Phi) is 4.88. The van der Waals surface area contributed by atoms with Gasteiger partial charge in [-0.15, -0.1) is 0 Å². The van der Waals surface area contributed by atoms with Gasteiger partial charge in [0, 0.05) is 26.1 Å². The van der Waals surface area contributed by atoms with E-state index < -0.39 is 10.0 Å². The molecule has 1 aliphatic heterocycles. The smallest absolute Gasteiger partial charge is 0.225 e. The largest absolute Gasteiger partial charge is 0.355 e. The topological polar surface area (TPSA) is 104 Å². The normalized spacial score (nSPS) is 20.1. The molecule has 1 unspecified atom stereocenters. The van der Waals surface area contributed by atoms with Crippen molar-refractivity contribution in [3.05, 3.63) is 0 Å². The van der Waals surface area contributed by atoms with Gasteiger partial charge in [0.05, 0.1) is 11.7 Å². The van der Waals surface area contributed by atoms with E-state index in [2.05, 4.69) is 15.4 Å². The fourth-order valence-corrected chi connectivity index (χ4v) is 2.49. The van der Waals surface area contributed by atoms with Crippen LogP contribution >= 0.6 is 0 Å². The van der Waals surface area contributed by atoms with Crippen molar-refractivity contribution in [3.63, 3.8) is 0 Å². The molecule has 0 aromatic heterocycles. The Labute approximate surface area is 100 Å². The van der Waals surface area contributed by atoms with Gasteiger partial charge in [-0.1, -0.05) is 6.92 Å². The summed E-state index contributed by atoms with van der Waals surface area (Å²) in [4.78, 5) is 22.4. The summed E-state index contributed by atoms with van der Waals surface area (Å²) in [5, 5.41) is 5.06. The molecule has 0 aliphatic carbocycles. The summed E-state index contributed by atoms with van der Waals surface area (Å²) in [5.74, 6) is -0.967. The average molecular weight is 263 g/mol. The fraction of sp³-hybridized carbons (Fsp3) is 0.778. The number of hydrogen-bond donors (Lipinski definition) is 3. The highest BCUT2D eigenvalue weighted by Crippen LogP contribution is 2.08. The number of nitrogens with one attached hydrogen (secondary N) is 3. The minimum absolute atomic E-state index is 0.0544. The third kappa shape index (κ3) is 4.70. The summed E-state index contributed by atoms with van der Waals surface area (Å²) in [6.45, 7) is 2.40. The maximum absolute atomic E-state index is 11.5. The van der Waals surface area contributed by atoms with Gasteiger partial charge in [0.15, 0.2) is 0 Å². The van der Waals surface area contributed by atoms with E-state index in [1.807, 2.05) is 0 Å². The third-order valence-corrected chi connectivity index (χ3v) is 3.85. The van der Waals surface area contributed by atoms with Crippen LogP contribution in [0.3, 0.4) is 0 Å². The zero-order chi connectivity index (χ0) is 12.9. The molecule has 1 heterocycles. The summed E-state index contributed by atoms with van der Waals surface area (Å²) in [6.07, 6.45) is 0.172. The molecule has 3 N–H and O–H groups in total. The summed E-state index contributed by atoms with van der Waals surface area (Å²) in [5.41, 5.74) is 0. The second-order valence-corrected chi connectivity index (χ2v) is 5.74. The average Bonchev–Trinajstić information content (AvgIpc) is 2.64. The zero-order valence-corrected chi connectivity index (χ0v) is 10.5. The van der Waals surface area contributed by atoms with Crippen molar-refractivity contribution in [2.24, 2.45) is 5.92 Å². The van der Waals surface area contributed by atoms with Crippen molar-refractivity contribution in [3.8, 4) is 0 Å². The monoisotopic (exact) mass is 263 g/mol. The Hall–Kier alpha value is -1.15. The van der Waals surface area contributed by atoms with E-state index in [4.69, 9.17) is 0 Å². The first kappa shape index (κ1) is 13.9. The maximum Gasteiger partial charge on any atom is 0.225 e. The molecular formula is C9H17N3O4S. The molecule has 7 nitrogen and oxygen atoms in total. The molecule has 2 amide bonds. The predicted octanol–water partition coefficient (Wildman–Crippen LogP) is -1.82. The molecule has 98 valence electrons. The Balaban J connectivity index is 2.27. The lowest BCUT2D eigenvalue weighted by atomic mass is 10.1. The van der Waals surface area contributed by atoms with Crippen LogP contribution in [0.1, 0.15) is 13.3 Å². The summed E-state index contributed by atoms with van der Waals surface area (Å²) in [7, 11) is -3.31. The lowest BCUT2D eigenvalue weighted by Gasteiger charge is -2.09. The Morgan fingerprint density at radius 2 is 2.24 bits per heavy atom. The van der Waals surface area contributed by atoms with Gasteiger partial charge in [0.25, 0.3) is 0 Å².